The molecule has 4 saturated carbocycles. The van der Waals surface area contributed by atoms with E-state index in [1.807, 2.05) is 12.1 Å². The highest BCUT2D eigenvalue weighted by Crippen LogP contribution is 2.61. The number of nitrogens with one attached hydrogen (secondary N) is 1. The summed E-state index contributed by atoms with van der Waals surface area (Å²) in [6.07, 6.45) is 8.99. The smallest absolute Gasteiger partial charge is 0.0359 e. The Kier molecular flexibility index (Phi) is 3.25. The second-order valence-corrected chi connectivity index (χ2v) is 8.08. The first-order chi connectivity index (χ1) is 10.1. The lowest BCUT2D eigenvalue weighted by molar-refractivity contribution is -0.0706. The number of benzene rings is 1. The number of para-hydroxylation sites is 1. The van der Waals surface area contributed by atoms with Crippen LogP contribution in [0.3, 0.4) is 0 Å². The van der Waals surface area contributed by atoms with E-state index in [0.717, 1.165) is 30.0 Å². The van der Waals surface area contributed by atoms with Crippen molar-refractivity contribution < 1.29 is 0 Å². The molecule has 0 aliphatic heterocycles. The van der Waals surface area contributed by atoms with E-state index in [0.29, 0.717) is 11.5 Å². The maximum atomic E-state index is 6.07. The highest BCUT2D eigenvalue weighted by molar-refractivity contribution is 5.46. The standard InChI is InChI=1S/C19H28N2/c1-13(21-12-17-4-2-3-5-18(17)20)19-9-14-6-15(10-19)8-16(7-14)11-19/h2-5,13-16,21H,6-12,20H2,1H3. The van der Waals surface area contributed by atoms with Gasteiger partial charge in [-0.25, -0.2) is 0 Å². The number of anilines is 1. The van der Waals surface area contributed by atoms with Crippen LogP contribution in [0.15, 0.2) is 24.3 Å². The van der Waals surface area contributed by atoms with Crippen molar-refractivity contribution in [2.45, 2.75) is 58.0 Å². The second-order valence-electron chi connectivity index (χ2n) is 8.08. The molecule has 2 nitrogen and oxygen atoms in total. The zero-order valence-corrected chi connectivity index (χ0v) is 13.1. The van der Waals surface area contributed by atoms with E-state index < -0.39 is 0 Å². The van der Waals surface area contributed by atoms with Crippen molar-refractivity contribution in [1.29, 1.82) is 0 Å². The van der Waals surface area contributed by atoms with Gasteiger partial charge in [0.2, 0.25) is 0 Å². The monoisotopic (exact) mass is 284 g/mol. The Morgan fingerprint density at radius 3 is 2.24 bits per heavy atom. The zero-order chi connectivity index (χ0) is 14.4. The van der Waals surface area contributed by atoms with Crippen molar-refractivity contribution in [1.82, 2.24) is 5.32 Å². The summed E-state index contributed by atoms with van der Waals surface area (Å²) in [4.78, 5) is 0. The SMILES string of the molecule is CC(NCc1ccccc1N)C12CC3CC(CC(C3)C1)C2. The molecule has 0 saturated heterocycles. The fourth-order valence-electron chi connectivity index (χ4n) is 5.88. The van der Waals surface area contributed by atoms with Crippen LogP contribution in [0.2, 0.25) is 0 Å². The van der Waals surface area contributed by atoms with Gasteiger partial charge < -0.3 is 11.1 Å². The van der Waals surface area contributed by atoms with Crippen LogP contribution in [-0.2, 0) is 6.54 Å². The lowest BCUT2D eigenvalue weighted by Crippen LogP contribution is -2.54. The van der Waals surface area contributed by atoms with Crippen LogP contribution >= 0.6 is 0 Å². The van der Waals surface area contributed by atoms with Crippen LogP contribution in [0, 0.1) is 23.2 Å². The molecule has 4 aliphatic rings. The van der Waals surface area contributed by atoms with Crippen LogP contribution in [0.25, 0.3) is 0 Å². The summed E-state index contributed by atoms with van der Waals surface area (Å²) in [6.45, 7) is 3.34. The fraction of sp³-hybridized carbons (Fsp3) is 0.684. The van der Waals surface area contributed by atoms with E-state index in [4.69, 9.17) is 5.73 Å². The van der Waals surface area contributed by atoms with Gasteiger partial charge in [-0.15, -0.1) is 0 Å². The molecule has 4 bridgehead atoms. The van der Waals surface area contributed by atoms with Crippen LogP contribution in [0.5, 0.6) is 0 Å². The Hall–Kier alpha value is -1.02. The molecule has 0 aromatic heterocycles. The minimum atomic E-state index is 0.582. The molecule has 2 heteroatoms. The van der Waals surface area contributed by atoms with Gasteiger partial charge in [-0.2, -0.15) is 0 Å². The fourth-order valence-corrected chi connectivity index (χ4v) is 5.88. The van der Waals surface area contributed by atoms with Crippen molar-refractivity contribution in [3.63, 3.8) is 0 Å². The highest BCUT2D eigenvalue weighted by atomic mass is 14.9. The predicted octanol–water partition coefficient (Wildman–Crippen LogP) is 3.96. The van der Waals surface area contributed by atoms with Gasteiger partial charge in [-0.3, -0.25) is 0 Å². The van der Waals surface area contributed by atoms with Gasteiger partial charge in [0.25, 0.3) is 0 Å². The number of nitrogen functional groups attached to an aromatic ring is 1. The molecule has 1 aromatic rings. The maximum Gasteiger partial charge on any atom is 0.0359 e. The molecule has 0 spiro atoms. The van der Waals surface area contributed by atoms with Crippen LogP contribution in [-0.4, -0.2) is 6.04 Å². The summed E-state index contributed by atoms with van der Waals surface area (Å²) in [6, 6.07) is 8.87. The van der Waals surface area contributed by atoms with Crippen molar-refractivity contribution in [2.24, 2.45) is 23.2 Å². The topological polar surface area (TPSA) is 38.0 Å². The number of hydrogen-bond acceptors (Lipinski definition) is 2. The van der Waals surface area contributed by atoms with E-state index >= 15 is 0 Å². The van der Waals surface area contributed by atoms with Gasteiger partial charge in [-0.1, -0.05) is 18.2 Å². The Bertz CT molecular complexity index is 487. The molecule has 0 heterocycles. The van der Waals surface area contributed by atoms with E-state index in [2.05, 4.69) is 24.4 Å². The van der Waals surface area contributed by atoms with Crippen molar-refractivity contribution in [3.05, 3.63) is 29.8 Å². The Morgan fingerprint density at radius 1 is 1.10 bits per heavy atom. The normalized spacial score (nSPS) is 38.6. The van der Waals surface area contributed by atoms with Gasteiger partial charge in [0, 0.05) is 18.3 Å². The molecular weight excluding hydrogens is 256 g/mol. The molecule has 114 valence electrons. The minimum Gasteiger partial charge on any atom is -0.398 e. The average molecular weight is 284 g/mol. The molecule has 1 unspecified atom stereocenters. The second kappa shape index (κ2) is 5.01. The van der Waals surface area contributed by atoms with E-state index in [-0.39, 0.29) is 0 Å². The van der Waals surface area contributed by atoms with Crippen LogP contribution in [0.4, 0.5) is 5.69 Å². The third kappa shape index (κ3) is 2.38. The molecule has 5 rings (SSSR count). The molecule has 0 radical (unpaired) electrons. The summed E-state index contributed by atoms with van der Waals surface area (Å²) in [5.41, 5.74) is 8.82. The summed E-state index contributed by atoms with van der Waals surface area (Å²) in [5, 5.41) is 3.82. The average Bonchev–Trinajstić information content (AvgIpc) is 2.44. The van der Waals surface area contributed by atoms with Crippen LogP contribution < -0.4 is 11.1 Å². The molecule has 0 amide bonds. The van der Waals surface area contributed by atoms with E-state index in [1.165, 1.54) is 44.1 Å². The molecular formula is C19H28N2. The van der Waals surface area contributed by atoms with Gasteiger partial charge in [-0.05, 0) is 80.2 Å². The molecule has 21 heavy (non-hydrogen) atoms. The minimum absolute atomic E-state index is 0.582. The van der Waals surface area contributed by atoms with Crippen LogP contribution in [0.1, 0.15) is 51.0 Å². The third-order valence-corrected chi connectivity index (χ3v) is 6.66. The quantitative estimate of drug-likeness (QED) is 0.821. The number of hydrogen-bond donors (Lipinski definition) is 2. The Labute approximate surface area is 128 Å². The third-order valence-electron chi connectivity index (χ3n) is 6.66. The highest BCUT2D eigenvalue weighted by Gasteiger charge is 2.52. The van der Waals surface area contributed by atoms with Crippen molar-refractivity contribution in [3.8, 4) is 0 Å². The Morgan fingerprint density at radius 2 is 1.67 bits per heavy atom. The summed E-state index contributed by atoms with van der Waals surface area (Å²) >= 11 is 0. The lowest BCUT2D eigenvalue weighted by Gasteiger charge is -2.59. The summed E-state index contributed by atoms with van der Waals surface area (Å²) in [5.74, 6) is 3.09. The molecule has 1 aromatic carbocycles. The predicted molar refractivity (Wildman–Crippen MR) is 87.8 cm³/mol. The zero-order valence-electron chi connectivity index (χ0n) is 13.1. The van der Waals surface area contributed by atoms with Crippen molar-refractivity contribution >= 4 is 5.69 Å². The molecule has 1 atom stereocenters. The molecule has 4 fully saturated rings. The van der Waals surface area contributed by atoms with Crippen molar-refractivity contribution in [2.75, 3.05) is 5.73 Å². The summed E-state index contributed by atoms with van der Waals surface area (Å²) < 4.78 is 0. The summed E-state index contributed by atoms with van der Waals surface area (Å²) in [7, 11) is 0. The number of nitrogens with two attached hydrogens (primary N) is 1. The van der Waals surface area contributed by atoms with E-state index in [1.54, 1.807) is 0 Å². The van der Waals surface area contributed by atoms with E-state index in [9.17, 15) is 0 Å². The first-order valence-electron chi connectivity index (χ1n) is 8.71. The lowest BCUT2D eigenvalue weighted by atomic mass is 9.48. The van der Waals surface area contributed by atoms with Gasteiger partial charge in [0.05, 0.1) is 0 Å². The molecule has 3 N–H and O–H groups in total. The Balaban J connectivity index is 1.45. The van der Waals surface area contributed by atoms with Gasteiger partial charge >= 0.3 is 0 Å². The van der Waals surface area contributed by atoms with Gasteiger partial charge in [0.15, 0.2) is 0 Å². The van der Waals surface area contributed by atoms with Gasteiger partial charge in [0.1, 0.15) is 0 Å². The largest absolute Gasteiger partial charge is 0.398 e. The first-order valence-corrected chi connectivity index (χ1v) is 8.71. The maximum absolute atomic E-state index is 6.07. The number of rotatable bonds is 4. The first kappa shape index (κ1) is 13.6. The molecule has 4 aliphatic carbocycles.